The zero-order chi connectivity index (χ0) is 6.57. The summed E-state index contributed by atoms with van der Waals surface area (Å²) in [5.41, 5.74) is 5.27. The van der Waals surface area contributed by atoms with Gasteiger partial charge in [0.15, 0.2) is 0 Å². The van der Waals surface area contributed by atoms with Crippen LogP contribution in [-0.4, -0.2) is 13.2 Å². The Hall–Kier alpha value is -0.440. The van der Waals surface area contributed by atoms with Crippen molar-refractivity contribution in [3.05, 3.63) is 11.4 Å². The van der Waals surface area contributed by atoms with Crippen molar-refractivity contribution in [2.24, 2.45) is 5.73 Å². The molecule has 0 aromatic carbocycles. The van der Waals surface area contributed by atoms with E-state index >= 15 is 0 Å². The van der Waals surface area contributed by atoms with Gasteiger partial charge < -0.3 is 5.73 Å². The van der Waals surface area contributed by atoms with E-state index in [0.29, 0.717) is 0 Å². The average Bonchev–Trinajstić information content (AvgIpc) is 1.84. The summed E-state index contributed by atoms with van der Waals surface area (Å²) in [6.07, 6.45) is 0. The molecule has 0 saturated carbocycles. The molecule has 0 rings (SSSR count). The Morgan fingerprint density at radius 1 is 1.62 bits per heavy atom. The number of hydrogen-bond donors (Lipinski definition) is 1. The molecule has 48 valence electrons. The molecule has 0 heterocycles. The fraction of sp³-hybridized carbons (Fsp3) is 0.600. The minimum atomic E-state index is -1.04. The summed E-state index contributed by atoms with van der Waals surface area (Å²) >= 11 is 0. The van der Waals surface area contributed by atoms with E-state index in [1.807, 2.05) is 0 Å². The average molecular weight is 121 g/mol. The van der Waals surface area contributed by atoms with Gasteiger partial charge in [-0.05, 0) is 12.5 Å². The Balaban J connectivity index is 3.83. The predicted octanol–water partition coefficient (Wildman–Crippen LogP) is 1.16. The van der Waals surface area contributed by atoms with E-state index in [9.17, 15) is 8.78 Å². The molecule has 0 unspecified atom stereocenters. The highest BCUT2D eigenvalue weighted by Gasteiger charge is 1.96. The molecule has 3 heteroatoms. The van der Waals surface area contributed by atoms with Gasteiger partial charge in [-0.1, -0.05) is 0 Å². The molecule has 0 aliphatic heterocycles. The molecule has 0 aromatic rings. The fourth-order valence-electron chi connectivity index (χ4n) is 0.225. The van der Waals surface area contributed by atoms with Crippen molar-refractivity contribution in [2.75, 3.05) is 13.2 Å². The molecule has 0 aliphatic rings. The van der Waals surface area contributed by atoms with Gasteiger partial charge in [0.1, 0.15) is 12.5 Å². The maximum atomic E-state index is 12.0. The molecular formula is C5H9F2N. The Kier molecular flexibility index (Phi) is 3.35. The maximum Gasteiger partial charge on any atom is 0.141 e. The molecule has 0 atom stereocenters. The quantitative estimate of drug-likeness (QED) is 0.582. The lowest BCUT2D eigenvalue weighted by Gasteiger charge is -1.93. The highest BCUT2D eigenvalue weighted by atomic mass is 19.2. The highest BCUT2D eigenvalue weighted by Crippen LogP contribution is 2.03. The van der Waals surface area contributed by atoms with E-state index in [2.05, 4.69) is 0 Å². The third kappa shape index (κ3) is 2.02. The molecule has 0 aliphatic carbocycles. The van der Waals surface area contributed by atoms with Gasteiger partial charge in [0.25, 0.3) is 0 Å². The smallest absolute Gasteiger partial charge is 0.141 e. The van der Waals surface area contributed by atoms with E-state index < -0.39 is 12.5 Å². The van der Waals surface area contributed by atoms with Gasteiger partial charge in [0, 0.05) is 6.54 Å². The minimum Gasteiger partial charge on any atom is -0.327 e. The first-order chi connectivity index (χ1) is 3.72. The van der Waals surface area contributed by atoms with Crippen molar-refractivity contribution in [3.8, 4) is 0 Å². The largest absolute Gasteiger partial charge is 0.327 e. The first-order valence-corrected chi connectivity index (χ1v) is 2.32. The lowest BCUT2D eigenvalue weighted by molar-refractivity contribution is 0.452. The van der Waals surface area contributed by atoms with Gasteiger partial charge in [0.2, 0.25) is 0 Å². The summed E-state index contributed by atoms with van der Waals surface area (Å²) in [6.45, 7) is 0.522. The number of hydrogen-bond acceptors (Lipinski definition) is 1. The van der Waals surface area contributed by atoms with Crippen molar-refractivity contribution in [1.29, 1.82) is 0 Å². The molecule has 0 aromatic heterocycles. The summed E-state index contributed by atoms with van der Waals surface area (Å²) in [7, 11) is 0. The van der Waals surface area contributed by atoms with Crippen LogP contribution in [0.25, 0.3) is 0 Å². The number of halogens is 2. The third-order valence-corrected chi connectivity index (χ3v) is 0.887. The van der Waals surface area contributed by atoms with Crippen molar-refractivity contribution < 1.29 is 8.78 Å². The monoisotopic (exact) mass is 121 g/mol. The number of alkyl halides is 1. The molecule has 0 radical (unpaired) electrons. The third-order valence-electron chi connectivity index (χ3n) is 0.887. The summed E-state index contributed by atoms with van der Waals surface area (Å²) in [5.74, 6) is -0.743. The van der Waals surface area contributed by atoms with Crippen LogP contribution in [-0.2, 0) is 0 Å². The zero-order valence-corrected chi connectivity index (χ0v) is 4.75. The lowest BCUT2D eigenvalue weighted by Crippen LogP contribution is -2.02. The normalized spacial score (nSPS) is 13.5. The molecular weight excluding hydrogens is 112 g/mol. The maximum absolute atomic E-state index is 12.0. The van der Waals surface area contributed by atoms with E-state index in [1.165, 1.54) is 6.92 Å². The topological polar surface area (TPSA) is 26.0 Å². The molecule has 2 N–H and O–H groups in total. The number of allylic oxidation sites excluding steroid dienone is 1. The van der Waals surface area contributed by atoms with Crippen LogP contribution in [0.15, 0.2) is 11.4 Å². The SMILES string of the molecule is C/C(CN)=C(/F)CF. The van der Waals surface area contributed by atoms with Crippen molar-refractivity contribution in [2.45, 2.75) is 6.92 Å². The van der Waals surface area contributed by atoms with Crippen molar-refractivity contribution in [1.82, 2.24) is 0 Å². The molecule has 0 bridgehead atoms. The van der Waals surface area contributed by atoms with E-state index in [1.54, 1.807) is 0 Å². The summed E-state index contributed by atoms with van der Waals surface area (Å²) in [4.78, 5) is 0. The predicted molar refractivity (Wildman–Crippen MR) is 28.8 cm³/mol. The second-order valence-electron chi connectivity index (χ2n) is 1.52. The molecule has 1 nitrogen and oxygen atoms in total. The Labute approximate surface area is 47.2 Å². The molecule has 0 fully saturated rings. The molecule has 8 heavy (non-hydrogen) atoms. The van der Waals surface area contributed by atoms with E-state index in [-0.39, 0.29) is 12.1 Å². The Morgan fingerprint density at radius 2 is 2.12 bits per heavy atom. The molecule has 0 spiro atoms. The van der Waals surface area contributed by atoms with Crippen LogP contribution in [0.4, 0.5) is 8.78 Å². The number of nitrogens with two attached hydrogens (primary N) is 1. The minimum absolute atomic E-state index is 0.0930. The van der Waals surface area contributed by atoms with Crippen LogP contribution in [0.5, 0.6) is 0 Å². The Morgan fingerprint density at radius 3 is 2.25 bits per heavy atom. The summed E-state index contributed by atoms with van der Waals surface area (Å²) in [5, 5.41) is 0. The van der Waals surface area contributed by atoms with Crippen LogP contribution >= 0.6 is 0 Å². The standard InChI is InChI=1S/C5H9F2N/c1-4(3-8)5(7)2-6/h2-3,8H2,1H3/b5-4-. The van der Waals surface area contributed by atoms with Gasteiger partial charge in [0.05, 0.1) is 0 Å². The highest BCUT2D eigenvalue weighted by molar-refractivity contribution is 5.05. The lowest BCUT2D eigenvalue weighted by atomic mass is 10.3. The second kappa shape index (κ2) is 3.55. The van der Waals surface area contributed by atoms with Gasteiger partial charge in [-0.3, -0.25) is 0 Å². The second-order valence-corrected chi connectivity index (χ2v) is 1.52. The first-order valence-electron chi connectivity index (χ1n) is 2.32. The van der Waals surface area contributed by atoms with Crippen LogP contribution in [0.1, 0.15) is 6.92 Å². The summed E-state index contributed by atoms with van der Waals surface area (Å²) < 4.78 is 23.3. The summed E-state index contributed by atoms with van der Waals surface area (Å²) in [6, 6.07) is 0. The van der Waals surface area contributed by atoms with Crippen LogP contribution in [0.3, 0.4) is 0 Å². The van der Waals surface area contributed by atoms with Gasteiger partial charge >= 0.3 is 0 Å². The Bertz CT molecular complexity index is 86.6. The zero-order valence-electron chi connectivity index (χ0n) is 4.75. The van der Waals surface area contributed by atoms with Crippen molar-refractivity contribution >= 4 is 0 Å². The van der Waals surface area contributed by atoms with E-state index in [4.69, 9.17) is 5.73 Å². The fourth-order valence-corrected chi connectivity index (χ4v) is 0.225. The van der Waals surface area contributed by atoms with Gasteiger partial charge in [-0.25, -0.2) is 8.78 Å². The van der Waals surface area contributed by atoms with Crippen LogP contribution in [0, 0.1) is 0 Å². The molecule has 0 amide bonds. The number of rotatable bonds is 2. The van der Waals surface area contributed by atoms with Gasteiger partial charge in [-0.2, -0.15) is 0 Å². The van der Waals surface area contributed by atoms with Crippen LogP contribution in [0.2, 0.25) is 0 Å². The van der Waals surface area contributed by atoms with Gasteiger partial charge in [-0.15, -0.1) is 0 Å². The van der Waals surface area contributed by atoms with Crippen LogP contribution < -0.4 is 5.73 Å². The van der Waals surface area contributed by atoms with Crippen molar-refractivity contribution in [3.63, 3.8) is 0 Å². The van der Waals surface area contributed by atoms with E-state index in [0.717, 1.165) is 0 Å². The first kappa shape index (κ1) is 7.56. The molecule has 0 saturated heterocycles.